The van der Waals surface area contributed by atoms with Gasteiger partial charge in [-0.3, -0.25) is 4.57 Å². The van der Waals surface area contributed by atoms with Crippen molar-refractivity contribution in [3.8, 4) is 27.9 Å². The van der Waals surface area contributed by atoms with Crippen molar-refractivity contribution in [1.29, 1.82) is 0 Å². The Kier molecular flexibility index (Phi) is 5.48. The summed E-state index contributed by atoms with van der Waals surface area (Å²) in [5, 5.41) is 5.13. The molecule has 3 nitrogen and oxygen atoms in total. The fourth-order valence-electron chi connectivity index (χ4n) is 7.03. The average molecular weight is 564 g/mol. The van der Waals surface area contributed by atoms with Gasteiger partial charge in [0.2, 0.25) is 0 Å². The number of anilines is 3. The van der Waals surface area contributed by atoms with Crippen molar-refractivity contribution < 1.29 is 0 Å². The molecule has 44 heavy (non-hydrogen) atoms. The maximum Gasteiger partial charge on any atom is 0.114 e. The zero-order valence-corrected chi connectivity index (χ0v) is 24.4. The van der Waals surface area contributed by atoms with E-state index < -0.39 is 0 Å². The number of fused-ring (bicyclic) bond motifs is 5. The van der Waals surface area contributed by atoms with E-state index in [9.17, 15) is 0 Å². The van der Waals surface area contributed by atoms with E-state index in [1.807, 2.05) is 0 Å². The van der Waals surface area contributed by atoms with E-state index in [2.05, 4.69) is 162 Å². The van der Waals surface area contributed by atoms with Crippen LogP contribution < -0.4 is 4.90 Å². The summed E-state index contributed by atoms with van der Waals surface area (Å²) in [6.07, 6.45) is 0.859. The van der Waals surface area contributed by atoms with E-state index in [1.54, 1.807) is 0 Å². The first-order chi connectivity index (χ1) is 21.8. The molecule has 3 heteroatoms. The molecule has 1 aliphatic rings. The minimum atomic E-state index is 0.859. The van der Waals surface area contributed by atoms with Crippen molar-refractivity contribution in [3.05, 3.63) is 151 Å². The Morgan fingerprint density at radius 1 is 0.523 bits per heavy atom. The Labute approximate surface area is 256 Å². The van der Waals surface area contributed by atoms with Crippen LogP contribution in [0.1, 0.15) is 12.7 Å². The van der Waals surface area contributed by atoms with Gasteiger partial charge in [-0.15, -0.1) is 0 Å². The van der Waals surface area contributed by atoms with Crippen LogP contribution >= 0.6 is 0 Å². The van der Waals surface area contributed by atoms with Gasteiger partial charge < -0.3 is 4.90 Å². The van der Waals surface area contributed by atoms with E-state index in [4.69, 9.17) is 4.98 Å². The lowest BCUT2D eigenvalue weighted by molar-refractivity contribution is 0.900. The van der Waals surface area contributed by atoms with Crippen LogP contribution in [0, 0.1) is 0 Å². The molecule has 1 aromatic heterocycles. The Bertz CT molecular complexity index is 2370. The first-order valence-corrected chi connectivity index (χ1v) is 15.3. The number of hydrogen-bond donors (Lipinski definition) is 0. The van der Waals surface area contributed by atoms with Crippen molar-refractivity contribution in [2.45, 2.75) is 13.3 Å². The Hall–Kier alpha value is -5.67. The van der Waals surface area contributed by atoms with E-state index >= 15 is 0 Å². The second kappa shape index (κ2) is 9.68. The van der Waals surface area contributed by atoms with Gasteiger partial charge in [-0.2, -0.15) is 0 Å². The summed E-state index contributed by atoms with van der Waals surface area (Å²) in [6, 6.07) is 52.7. The van der Waals surface area contributed by atoms with Gasteiger partial charge in [-0.05, 0) is 86.3 Å². The summed E-state index contributed by atoms with van der Waals surface area (Å²) in [6.45, 7) is 2.19. The van der Waals surface area contributed by atoms with Gasteiger partial charge in [0.25, 0.3) is 0 Å². The predicted octanol–water partition coefficient (Wildman–Crippen LogP) is 11.0. The molecule has 0 N–H and O–H groups in total. The van der Waals surface area contributed by atoms with Gasteiger partial charge in [0.1, 0.15) is 5.82 Å². The predicted molar refractivity (Wildman–Crippen MR) is 185 cm³/mol. The molecule has 0 saturated heterocycles. The normalized spacial score (nSPS) is 12.2. The lowest BCUT2D eigenvalue weighted by atomic mass is 9.92. The van der Waals surface area contributed by atoms with E-state index in [0.717, 1.165) is 46.0 Å². The van der Waals surface area contributed by atoms with Crippen molar-refractivity contribution in [1.82, 2.24) is 9.55 Å². The lowest BCUT2D eigenvalue weighted by Crippen LogP contribution is -2.19. The highest BCUT2D eigenvalue weighted by Gasteiger charge is 2.28. The maximum atomic E-state index is 5.06. The highest BCUT2D eigenvalue weighted by atomic mass is 15.2. The minimum Gasteiger partial charge on any atom is -0.306 e. The van der Waals surface area contributed by atoms with E-state index in [-0.39, 0.29) is 0 Å². The van der Waals surface area contributed by atoms with Crippen LogP contribution in [0.25, 0.3) is 60.5 Å². The summed E-state index contributed by atoms with van der Waals surface area (Å²) < 4.78 is 2.37. The fourth-order valence-corrected chi connectivity index (χ4v) is 7.03. The van der Waals surface area contributed by atoms with Crippen LogP contribution in [0.3, 0.4) is 0 Å². The number of hydrogen-bond acceptors (Lipinski definition) is 2. The van der Waals surface area contributed by atoms with Crippen LogP contribution in [0.4, 0.5) is 17.1 Å². The first-order valence-electron chi connectivity index (χ1n) is 15.3. The molecule has 208 valence electrons. The van der Waals surface area contributed by atoms with Crippen molar-refractivity contribution in [3.63, 3.8) is 0 Å². The summed E-state index contributed by atoms with van der Waals surface area (Å²) in [5.41, 5.74) is 11.7. The van der Waals surface area contributed by atoms with Gasteiger partial charge in [0.05, 0.1) is 28.1 Å². The molecular formula is C41H29N3. The zero-order valence-electron chi connectivity index (χ0n) is 24.4. The standard InChI is InChI=1S/C41H29N3/c1-2-40-42-36-17-10-18-38-41(36)44(40)39-26-29(23-24-37(39)43(38)31-12-4-3-5-13-31)27-19-21-28(22-20-27)35-25-30-11-6-7-14-32(30)33-15-8-9-16-34(33)35/h3-26H,2H2,1H3. The summed E-state index contributed by atoms with van der Waals surface area (Å²) in [4.78, 5) is 7.43. The van der Waals surface area contributed by atoms with Crippen molar-refractivity contribution in [2.24, 2.45) is 0 Å². The molecule has 2 heterocycles. The Morgan fingerprint density at radius 2 is 1.23 bits per heavy atom. The molecule has 0 saturated carbocycles. The lowest BCUT2D eigenvalue weighted by Gasteiger charge is -2.33. The van der Waals surface area contributed by atoms with Crippen LogP contribution in [0.15, 0.2) is 146 Å². The SMILES string of the molecule is CCc1nc2cccc3c2n1-c1cc(-c2ccc(-c4cc5ccccc5c5ccccc45)cc2)ccc1N3c1ccccc1. The van der Waals surface area contributed by atoms with Gasteiger partial charge in [-0.25, -0.2) is 4.98 Å². The highest BCUT2D eigenvalue weighted by molar-refractivity contribution is 6.13. The van der Waals surface area contributed by atoms with Crippen LogP contribution in [0.5, 0.6) is 0 Å². The van der Waals surface area contributed by atoms with Gasteiger partial charge in [0.15, 0.2) is 0 Å². The molecular weight excluding hydrogens is 534 g/mol. The number of para-hydroxylation sites is 2. The third-order valence-electron chi connectivity index (χ3n) is 9.05. The topological polar surface area (TPSA) is 21.1 Å². The van der Waals surface area contributed by atoms with Gasteiger partial charge >= 0.3 is 0 Å². The minimum absolute atomic E-state index is 0.859. The molecule has 0 radical (unpaired) electrons. The molecule has 0 unspecified atom stereocenters. The number of aromatic nitrogens is 2. The molecule has 9 rings (SSSR count). The van der Waals surface area contributed by atoms with Crippen molar-refractivity contribution in [2.75, 3.05) is 4.90 Å². The number of rotatable bonds is 4. The molecule has 8 aromatic rings. The van der Waals surface area contributed by atoms with Crippen molar-refractivity contribution >= 4 is 49.6 Å². The average Bonchev–Trinajstić information content (AvgIpc) is 3.48. The molecule has 0 aliphatic carbocycles. The Morgan fingerprint density at radius 3 is 2.05 bits per heavy atom. The molecule has 0 amide bonds. The number of benzene rings is 7. The monoisotopic (exact) mass is 563 g/mol. The maximum absolute atomic E-state index is 5.06. The number of nitrogens with zero attached hydrogens (tertiary/aromatic N) is 3. The summed E-state index contributed by atoms with van der Waals surface area (Å²) in [7, 11) is 0. The largest absolute Gasteiger partial charge is 0.306 e. The number of imidazole rings is 1. The third-order valence-corrected chi connectivity index (χ3v) is 9.05. The molecule has 0 fully saturated rings. The first kappa shape index (κ1) is 24.9. The summed E-state index contributed by atoms with van der Waals surface area (Å²) >= 11 is 0. The second-order valence-electron chi connectivity index (χ2n) is 11.5. The van der Waals surface area contributed by atoms with Crippen LogP contribution in [-0.4, -0.2) is 9.55 Å². The molecule has 1 aliphatic heterocycles. The van der Waals surface area contributed by atoms with Crippen LogP contribution in [-0.2, 0) is 6.42 Å². The van der Waals surface area contributed by atoms with Gasteiger partial charge in [-0.1, -0.05) is 110 Å². The number of aryl methyl sites for hydroxylation is 1. The highest BCUT2D eigenvalue weighted by Crippen LogP contribution is 2.48. The van der Waals surface area contributed by atoms with E-state index in [1.165, 1.54) is 43.8 Å². The van der Waals surface area contributed by atoms with Crippen LogP contribution in [0.2, 0.25) is 0 Å². The molecule has 7 aromatic carbocycles. The quantitative estimate of drug-likeness (QED) is 0.199. The molecule has 0 spiro atoms. The Balaban J connectivity index is 1.20. The van der Waals surface area contributed by atoms with E-state index in [0.29, 0.717) is 0 Å². The molecule has 0 bridgehead atoms. The van der Waals surface area contributed by atoms with Gasteiger partial charge in [0, 0.05) is 12.1 Å². The molecule has 0 atom stereocenters. The smallest absolute Gasteiger partial charge is 0.114 e. The fraction of sp³-hybridized carbons (Fsp3) is 0.0488. The zero-order chi connectivity index (χ0) is 29.2. The third kappa shape index (κ3) is 3.66. The summed E-state index contributed by atoms with van der Waals surface area (Å²) in [5.74, 6) is 1.08. The second-order valence-corrected chi connectivity index (χ2v) is 11.5.